The van der Waals surface area contributed by atoms with Crippen LogP contribution in [0.4, 0.5) is 4.39 Å². The smallest absolute Gasteiger partial charge is 0.328 e. The first-order valence-corrected chi connectivity index (χ1v) is 6.03. The van der Waals surface area contributed by atoms with Crippen molar-refractivity contribution in [3.63, 3.8) is 0 Å². The number of carbonyl (C=O) groups is 1. The zero-order valence-corrected chi connectivity index (χ0v) is 11.8. The molecule has 20 heavy (non-hydrogen) atoms. The Bertz CT molecular complexity index is 618. The van der Waals surface area contributed by atoms with Gasteiger partial charge >= 0.3 is 5.97 Å². The van der Waals surface area contributed by atoms with Crippen molar-refractivity contribution < 1.29 is 13.9 Å². The van der Waals surface area contributed by atoms with Gasteiger partial charge in [-0.1, -0.05) is 6.07 Å². The summed E-state index contributed by atoms with van der Waals surface area (Å²) < 4.78 is 18.6. The van der Waals surface area contributed by atoms with E-state index in [4.69, 9.17) is 10.00 Å². The van der Waals surface area contributed by atoms with Crippen molar-refractivity contribution in [2.24, 2.45) is 0 Å². The third kappa shape index (κ3) is 3.33. The Kier molecular flexibility index (Phi) is 4.47. The Morgan fingerprint density at radius 1 is 1.35 bits per heavy atom. The number of hydrogen-bond donors (Lipinski definition) is 0. The Morgan fingerprint density at radius 3 is 2.40 bits per heavy atom. The fraction of sp³-hybridized carbons (Fsp3) is 0.400. The molecule has 4 nitrogen and oxygen atoms in total. The van der Waals surface area contributed by atoms with Crippen LogP contribution in [0.1, 0.15) is 43.4 Å². The van der Waals surface area contributed by atoms with Crippen molar-refractivity contribution in [3.05, 3.63) is 34.6 Å². The van der Waals surface area contributed by atoms with Crippen molar-refractivity contribution in [2.75, 3.05) is 0 Å². The highest BCUT2D eigenvalue weighted by Gasteiger charge is 2.29. The monoisotopic (exact) mass is 274 g/mol. The number of ether oxygens (including phenoxy) is 1. The van der Waals surface area contributed by atoms with Gasteiger partial charge in [0.15, 0.2) is 5.92 Å². The van der Waals surface area contributed by atoms with Gasteiger partial charge in [0.05, 0.1) is 17.7 Å². The van der Waals surface area contributed by atoms with Crippen LogP contribution in [0.3, 0.4) is 0 Å². The molecule has 0 aliphatic rings. The molecule has 0 aliphatic heterocycles. The molecule has 0 saturated carbocycles. The summed E-state index contributed by atoms with van der Waals surface area (Å²) in [6.07, 6.45) is 0. The Hall–Kier alpha value is -2.40. The summed E-state index contributed by atoms with van der Waals surface area (Å²) in [4.78, 5) is 12.0. The van der Waals surface area contributed by atoms with Gasteiger partial charge < -0.3 is 4.74 Å². The normalized spacial score (nSPS) is 12.2. The van der Waals surface area contributed by atoms with Crippen molar-refractivity contribution in [3.8, 4) is 12.1 Å². The average Bonchev–Trinajstić information content (AvgIpc) is 2.32. The van der Waals surface area contributed by atoms with Gasteiger partial charge in [0.1, 0.15) is 11.4 Å². The van der Waals surface area contributed by atoms with Gasteiger partial charge in [-0.3, -0.25) is 4.79 Å². The number of carbonyl (C=O) groups excluding carboxylic acids is 1. The van der Waals surface area contributed by atoms with Gasteiger partial charge in [-0.25, -0.2) is 4.39 Å². The lowest BCUT2D eigenvalue weighted by molar-refractivity contribution is -0.155. The highest BCUT2D eigenvalue weighted by molar-refractivity contribution is 5.82. The summed E-state index contributed by atoms with van der Waals surface area (Å²) in [5.74, 6) is -2.54. The summed E-state index contributed by atoms with van der Waals surface area (Å²) in [5.41, 5.74) is -0.451. The van der Waals surface area contributed by atoms with Crippen LogP contribution >= 0.6 is 0 Å². The van der Waals surface area contributed by atoms with E-state index in [2.05, 4.69) is 0 Å². The van der Waals surface area contributed by atoms with Gasteiger partial charge in [-0.2, -0.15) is 10.5 Å². The number of hydrogen-bond acceptors (Lipinski definition) is 4. The molecule has 1 rings (SSSR count). The highest BCUT2D eigenvalue weighted by atomic mass is 19.1. The van der Waals surface area contributed by atoms with E-state index in [1.807, 2.05) is 12.1 Å². The van der Waals surface area contributed by atoms with E-state index >= 15 is 0 Å². The van der Waals surface area contributed by atoms with Crippen LogP contribution in [0.15, 0.2) is 12.1 Å². The minimum Gasteiger partial charge on any atom is -0.459 e. The number of nitrogens with zero attached hydrogens (tertiary/aromatic N) is 2. The maximum absolute atomic E-state index is 13.4. The third-order valence-electron chi connectivity index (χ3n) is 2.63. The topological polar surface area (TPSA) is 73.9 Å². The predicted octanol–water partition coefficient (Wildman–Crippen LogP) is 2.95. The van der Waals surface area contributed by atoms with Crippen LogP contribution in [-0.2, 0) is 9.53 Å². The molecule has 1 aromatic rings. The van der Waals surface area contributed by atoms with E-state index in [1.165, 1.54) is 13.0 Å². The van der Waals surface area contributed by atoms with Crippen LogP contribution in [0, 0.1) is 35.4 Å². The van der Waals surface area contributed by atoms with E-state index in [0.717, 1.165) is 6.07 Å². The molecular weight excluding hydrogens is 259 g/mol. The Labute approximate surface area is 117 Å². The van der Waals surface area contributed by atoms with Crippen molar-refractivity contribution in [1.29, 1.82) is 10.5 Å². The van der Waals surface area contributed by atoms with Gasteiger partial charge in [0, 0.05) is 5.56 Å². The quantitative estimate of drug-likeness (QED) is 0.777. The van der Waals surface area contributed by atoms with Crippen molar-refractivity contribution in [1.82, 2.24) is 0 Å². The fourth-order valence-electron chi connectivity index (χ4n) is 1.71. The molecule has 0 radical (unpaired) electrons. The molecule has 104 valence electrons. The van der Waals surface area contributed by atoms with E-state index in [0.29, 0.717) is 0 Å². The molecule has 0 heterocycles. The first kappa shape index (κ1) is 15.7. The Balaban J connectivity index is 3.29. The summed E-state index contributed by atoms with van der Waals surface area (Å²) in [7, 11) is 0. The van der Waals surface area contributed by atoms with Gasteiger partial charge in [0.2, 0.25) is 0 Å². The minimum absolute atomic E-state index is 0.00223. The number of benzene rings is 1. The SMILES string of the molecule is Cc1c(F)ccc(C(C#N)C(=O)OC(C)(C)C)c1C#N. The van der Waals surface area contributed by atoms with Crippen LogP contribution in [0.2, 0.25) is 0 Å². The van der Waals surface area contributed by atoms with Gasteiger partial charge in [-0.15, -0.1) is 0 Å². The zero-order chi connectivity index (χ0) is 15.5. The maximum atomic E-state index is 13.4. The lowest BCUT2D eigenvalue weighted by atomic mass is 9.92. The average molecular weight is 274 g/mol. The van der Waals surface area contributed by atoms with E-state index in [9.17, 15) is 14.4 Å². The van der Waals surface area contributed by atoms with Crippen LogP contribution in [0.25, 0.3) is 0 Å². The molecule has 1 atom stereocenters. The fourth-order valence-corrected chi connectivity index (χ4v) is 1.71. The highest BCUT2D eigenvalue weighted by Crippen LogP contribution is 2.26. The summed E-state index contributed by atoms with van der Waals surface area (Å²) in [6, 6.07) is 6.07. The van der Waals surface area contributed by atoms with Crippen LogP contribution in [0.5, 0.6) is 0 Å². The first-order chi connectivity index (χ1) is 9.21. The van der Waals surface area contributed by atoms with E-state index < -0.39 is 23.3 Å². The van der Waals surface area contributed by atoms with Gasteiger partial charge in [0.25, 0.3) is 0 Å². The molecule has 0 spiro atoms. The zero-order valence-electron chi connectivity index (χ0n) is 11.8. The molecule has 0 bridgehead atoms. The third-order valence-corrected chi connectivity index (χ3v) is 2.63. The standard InChI is InChI=1S/C15H15FN2O2/c1-9-11(7-17)10(5-6-13(9)16)12(8-18)14(19)20-15(2,3)4/h5-6,12H,1-4H3. The lowest BCUT2D eigenvalue weighted by Gasteiger charge is -2.22. The van der Waals surface area contributed by atoms with Crippen molar-refractivity contribution in [2.45, 2.75) is 39.2 Å². The second-order valence-electron chi connectivity index (χ2n) is 5.34. The molecular formula is C15H15FN2O2. The largest absolute Gasteiger partial charge is 0.459 e. The molecule has 0 N–H and O–H groups in total. The predicted molar refractivity (Wildman–Crippen MR) is 70.1 cm³/mol. The summed E-state index contributed by atoms with van der Waals surface area (Å²) >= 11 is 0. The lowest BCUT2D eigenvalue weighted by Crippen LogP contribution is -2.27. The molecule has 1 unspecified atom stereocenters. The van der Waals surface area contributed by atoms with Crippen LogP contribution < -0.4 is 0 Å². The van der Waals surface area contributed by atoms with Crippen LogP contribution in [-0.4, -0.2) is 11.6 Å². The molecule has 1 aromatic carbocycles. The molecule has 0 amide bonds. The second-order valence-corrected chi connectivity index (χ2v) is 5.34. The van der Waals surface area contributed by atoms with E-state index in [1.54, 1.807) is 20.8 Å². The van der Waals surface area contributed by atoms with E-state index in [-0.39, 0.29) is 16.7 Å². The van der Waals surface area contributed by atoms with Crippen molar-refractivity contribution >= 4 is 5.97 Å². The summed E-state index contributed by atoms with van der Waals surface area (Å²) in [5, 5.41) is 18.3. The number of halogens is 1. The minimum atomic E-state index is -1.25. The molecule has 0 fully saturated rings. The first-order valence-electron chi connectivity index (χ1n) is 6.03. The van der Waals surface area contributed by atoms with Gasteiger partial charge in [-0.05, 0) is 39.3 Å². The molecule has 5 heteroatoms. The number of rotatable bonds is 2. The maximum Gasteiger partial charge on any atom is 0.328 e. The molecule has 0 aromatic heterocycles. The summed E-state index contributed by atoms with van der Waals surface area (Å²) in [6.45, 7) is 6.47. The molecule has 0 aliphatic carbocycles. The second kappa shape index (κ2) is 5.71. The number of esters is 1. The number of nitriles is 2. The molecule has 0 saturated heterocycles. The Morgan fingerprint density at radius 2 is 1.95 bits per heavy atom.